The van der Waals surface area contributed by atoms with Gasteiger partial charge in [0, 0.05) is 55.6 Å². The van der Waals surface area contributed by atoms with Gasteiger partial charge in [-0.05, 0) is 50.1 Å². The SMILES string of the molecule is C=C(/C=C\C=C(/C)Cl)N1CCN(C(=O)c2ccc3ncn(CC(=O)N4CCCC4)c(=O)c3c2)CC1. The Morgan fingerprint density at radius 1 is 1.06 bits per heavy atom. The quantitative estimate of drug-likeness (QED) is 0.576. The standard InChI is InChI=1S/C26H30ClN5O3/c1-19(27)6-5-7-20(2)29-12-14-31(15-13-29)25(34)21-8-9-23-22(16-21)26(35)32(18-28-23)17-24(33)30-10-3-4-11-30/h5-9,16,18H,2-4,10-15,17H2,1H3/b7-5-,19-6+. The van der Waals surface area contributed by atoms with E-state index in [-0.39, 0.29) is 23.9 Å². The average Bonchev–Trinajstić information content (AvgIpc) is 3.40. The average molecular weight is 496 g/mol. The molecule has 3 heterocycles. The zero-order valence-corrected chi connectivity index (χ0v) is 20.7. The third-order valence-electron chi connectivity index (χ3n) is 6.42. The van der Waals surface area contributed by atoms with Crippen LogP contribution in [0.4, 0.5) is 0 Å². The van der Waals surface area contributed by atoms with Gasteiger partial charge in [-0.2, -0.15) is 0 Å². The number of amides is 2. The number of allylic oxidation sites excluding steroid dienone is 4. The highest BCUT2D eigenvalue weighted by Gasteiger charge is 2.23. The Hall–Kier alpha value is -3.39. The Morgan fingerprint density at radius 3 is 2.43 bits per heavy atom. The fourth-order valence-corrected chi connectivity index (χ4v) is 4.47. The van der Waals surface area contributed by atoms with Crippen LogP contribution in [0.25, 0.3) is 10.9 Å². The number of halogens is 1. The van der Waals surface area contributed by atoms with Crippen LogP contribution in [0.5, 0.6) is 0 Å². The third-order valence-corrected chi connectivity index (χ3v) is 6.55. The van der Waals surface area contributed by atoms with E-state index in [1.165, 1.54) is 10.9 Å². The van der Waals surface area contributed by atoms with Crippen molar-refractivity contribution in [3.8, 4) is 0 Å². The molecule has 2 aromatic rings. The molecule has 0 saturated carbocycles. The van der Waals surface area contributed by atoms with Crippen LogP contribution in [0, 0.1) is 0 Å². The third kappa shape index (κ3) is 5.82. The minimum atomic E-state index is -0.314. The van der Waals surface area contributed by atoms with E-state index in [2.05, 4.69) is 16.5 Å². The summed E-state index contributed by atoms with van der Waals surface area (Å²) in [7, 11) is 0. The first kappa shape index (κ1) is 24.7. The number of carbonyl (C=O) groups excluding carboxylic acids is 2. The van der Waals surface area contributed by atoms with Gasteiger partial charge in [-0.3, -0.25) is 19.0 Å². The fourth-order valence-electron chi connectivity index (χ4n) is 4.39. The van der Waals surface area contributed by atoms with Gasteiger partial charge in [0.25, 0.3) is 11.5 Å². The van der Waals surface area contributed by atoms with Crippen LogP contribution in [0.15, 0.2) is 64.9 Å². The van der Waals surface area contributed by atoms with Gasteiger partial charge in [-0.1, -0.05) is 24.3 Å². The van der Waals surface area contributed by atoms with Crippen LogP contribution in [0.3, 0.4) is 0 Å². The molecule has 1 aromatic heterocycles. The van der Waals surface area contributed by atoms with Crippen LogP contribution in [-0.4, -0.2) is 75.3 Å². The van der Waals surface area contributed by atoms with Crippen molar-refractivity contribution in [3.05, 3.63) is 76.0 Å². The Morgan fingerprint density at radius 2 is 1.74 bits per heavy atom. The van der Waals surface area contributed by atoms with Gasteiger partial charge in [0.2, 0.25) is 5.91 Å². The molecule has 184 valence electrons. The molecule has 0 aliphatic carbocycles. The fraction of sp³-hybridized carbons (Fsp3) is 0.385. The van der Waals surface area contributed by atoms with Crippen molar-refractivity contribution in [2.75, 3.05) is 39.3 Å². The van der Waals surface area contributed by atoms with Gasteiger partial charge in [0.1, 0.15) is 6.54 Å². The zero-order chi connectivity index (χ0) is 24.9. The van der Waals surface area contributed by atoms with E-state index in [0.717, 1.165) is 31.6 Å². The summed E-state index contributed by atoms with van der Waals surface area (Å²) in [6.07, 6.45) is 8.96. The summed E-state index contributed by atoms with van der Waals surface area (Å²) in [5.74, 6) is -0.211. The monoisotopic (exact) mass is 495 g/mol. The molecule has 2 aliphatic rings. The first-order valence-corrected chi connectivity index (χ1v) is 12.2. The molecule has 2 amide bonds. The molecule has 0 atom stereocenters. The minimum Gasteiger partial charge on any atom is -0.368 e. The van der Waals surface area contributed by atoms with Gasteiger partial charge in [0.15, 0.2) is 0 Å². The molecule has 35 heavy (non-hydrogen) atoms. The predicted octanol–water partition coefficient (Wildman–Crippen LogP) is 2.99. The molecule has 0 unspecified atom stereocenters. The van der Waals surface area contributed by atoms with Crippen LogP contribution in [0.1, 0.15) is 30.1 Å². The molecule has 2 saturated heterocycles. The van der Waals surface area contributed by atoms with Crippen molar-refractivity contribution in [2.45, 2.75) is 26.3 Å². The molecular weight excluding hydrogens is 466 g/mol. The maximum Gasteiger partial charge on any atom is 0.261 e. The molecule has 8 nitrogen and oxygen atoms in total. The minimum absolute atomic E-state index is 0.0412. The molecule has 1 aromatic carbocycles. The van der Waals surface area contributed by atoms with E-state index >= 15 is 0 Å². The number of fused-ring (bicyclic) bond motifs is 1. The van der Waals surface area contributed by atoms with E-state index in [0.29, 0.717) is 47.7 Å². The maximum absolute atomic E-state index is 13.2. The largest absolute Gasteiger partial charge is 0.368 e. The summed E-state index contributed by atoms with van der Waals surface area (Å²) in [5, 5.41) is 1.03. The van der Waals surface area contributed by atoms with Crippen molar-refractivity contribution in [1.29, 1.82) is 0 Å². The summed E-state index contributed by atoms with van der Waals surface area (Å²) < 4.78 is 1.33. The number of aromatic nitrogens is 2. The lowest BCUT2D eigenvalue weighted by atomic mass is 10.1. The summed E-state index contributed by atoms with van der Waals surface area (Å²) in [5.41, 5.74) is 1.50. The molecule has 0 radical (unpaired) electrons. The lowest BCUT2D eigenvalue weighted by Crippen LogP contribution is -2.47. The van der Waals surface area contributed by atoms with Gasteiger partial charge in [0.05, 0.1) is 17.2 Å². The Bertz CT molecular complexity index is 1250. The van der Waals surface area contributed by atoms with E-state index in [9.17, 15) is 14.4 Å². The first-order chi connectivity index (χ1) is 16.8. The van der Waals surface area contributed by atoms with E-state index in [1.807, 2.05) is 19.1 Å². The number of piperazine rings is 1. The van der Waals surface area contributed by atoms with Crippen LogP contribution in [-0.2, 0) is 11.3 Å². The smallest absolute Gasteiger partial charge is 0.261 e. The summed E-state index contributed by atoms with van der Waals surface area (Å²) in [6, 6.07) is 4.98. The predicted molar refractivity (Wildman–Crippen MR) is 137 cm³/mol. The van der Waals surface area contributed by atoms with Crippen molar-refractivity contribution < 1.29 is 9.59 Å². The van der Waals surface area contributed by atoms with Gasteiger partial charge < -0.3 is 14.7 Å². The number of hydrogen-bond acceptors (Lipinski definition) is 5. The number of carbonyl (C=O) groups is 2. The summed E-state index contributed by atoms with van der Waals surface area (Å²) >= 11 is 5.84. The van der Waals surface area contributed by atoms with Crippen molar-refractivity contribution in [3.63, 3.8) is 0 Å². The second-order valence-electron chi connectivity index (χ2n) is 8.88. The summed E-state index contributed by atoms with van der Waals surface area (Å²) in [6.45, 7) is 9.76. The number of benzene rings is 1. The molecule has 2 aliphatic heterocycles. The highest BCUT2D eigenvalue weighted by Crippen LogP contribution is 2.16. The van der Waals surface area contributed by atoms with Gasteiger partial charge in [-0.25, -0.2) is 4.98 Å². The number of rotatable bonds is 6. The highest BCUT2D eigenvalue weighted by atomic mass is 35.5. The molecule has 4 rings (SSSR count). The summed E-state index contributed by atoms with van der Waals surface area (Å²) in [4.78, 5) is 48.8. The number of nitrogens with zero attached hydrogens (tertiary/aromatic N) is 5. The topological polar surface area (TPSA) is 78.8 Å². The lowest BCUT2D eigenvalue weighted by Gasteiger charge is -2.36. The lowest BCUT2D eigenvalue weighted by molar-refractivity contribution is -0.130. The zero-order valence-electron chi connectivity index (χ0n) is 20.0. The molecule has 0 N–H and O–H groups in total. The molecule has 2 fully saturated rings. The normalized spacial score (nSPS) is 17.0. The highest BCUT2D eigenvalue weighted by molar-refractivity contribution is 6.29. The van der Waals surface area contributed by atoms with Crippen molar-refractivity contribution in [1.82, 2.24) is 24.3 Å². The van der Waals surface area contributed by atoms with Crippen LogP contribution >= 0.6 is 11.6 Å². The van der Waals surface area contributed by atoms with E-state index in [4.69, 9.17) is 11.6 Å². The Balaban J connectivity index is 1.44. The maximum atomic E-state index is 13.2. The first-order valence-electron chi connectivity index (χ1n) is 11.8. The van der Waals surface area contributed by atoms with Crippen LogP contribution in [0.2, 0.25) is 0 Å². The van der Waals surface area contributed by atoms with Crippen LogP contribution < -0.4 is 5.56 Å². The van der Waals surface area contributed by atoms with Crippen molar-refractivity contribution >= 4 is 34.3 Å². The van der Waals surface area contributed by atoms with E-state index < -0.39 is 0 Å². The molecule has 0 spiro atoms. The van der Waals surface area contributed by atoms with Crippen molar-refractivity contribution in [2.24, 2.45) is 0 Å². The molecular formula is C26H30ClN5O3. The molecule has 0 bridgehead atoms. The Kier molecular flexibility index (Phi) is 7.70. The van der Waals surface area contributed by atoms with Gasteiger partial charge >= 0.3 is 0 Å². The number of hydrogen-bond donors (Lipinski definition) is 0. The Labute approximate surface area is 209 Å². The second-order valence-corrected chi connectivity index (χ2v) is 9.48. The van der Waals surface area contributed by atoms with E-state index in [1.54, 1.807) is 34.1 Å². The van der Waals surface area contributed by atoms with Gasteiger partial charge in [-0.15, -0.1) is 0 Å². The second kappa shape index (κ2) is 10.9. The molecule has 9 heteroatoms. The number of likely N-dealkylation sites (tertiary alicyclic amines) is 1.